The number of rotatable bonds is 14. The first-order valence-electron chi connectivity index (χ1n) is 11.7. The Balaban J connectivity index is 1.37. The molecule has 0 radical (unpaired) electrons. The fourth-order valence-electron chi connectivity index (χ4n) is 4.55. The van der Waals surface area contributed by atoms with E-state index in [-0.39, 0.29) is 5.60 Å². The summed E-state index contributed by atoms with van der Waals surface area (Å²) >= 11 is 0. The largest absolute Gasteiger partial charge is 0.461 e. The quantitative estimate of drug-likeness (QED) is 0.254. The van der Waals surface area contributed by atoms with Crippen LogP contribution in [-0.4, -0.2) is 12.1 Å². The fourth-order valence-corrected chi connectivity index (χ4v) is 4.55. The summed E-state index contributed by atoms with van der Waals surface area (Å²) < 4.78 is 5.25. The van der Waals surface area contributed by atoms with Crippen LogP contribution in [0.4, 0.5) is 0 Å². The fraction of sp³-hybridized carbons (Fsp3) is 0.731. The number of ether oxygens (including phenoxy) is 1. The molecule has 2 saturated carbocycles. The topological polar surface area (TPSA) is 26.3 Å². The summed E-state index contributed by atoms with van der Waals surface area (Å²) in [5.41, 5.74) is 6.65. The third-order valence-electron chi connectivity index (χ3n) is 7.37. The van der Waals surface area contributed by atoms with Crippen molar-refractivity contribution in [2.45, 2.75) is 116 Å². The van der Waals surface area contributed by atoms with Crippen molar-refractivity contribution in [2.75, 3.05) is 0 Å². The van der Waals surface area contributed by atoms with Crippen molar-refractivity contribution < 1.29 is 9.53 Å². The second-order valence-electron chi connectivity index (χ2n) is 10.0. The van der Waals surface area contributed by atoms with Crippen LogP contribution in [0.1, 0.15) is 106 Å². The van der Waals surface area contributed by atoms with E-state index >= 15 is 0 Å². The Morgan fingerprint density at radius 2 is 1.57 bits per heavy atom. The van der Waals surface area contributed by atoms with Crippen molar-refractivity contribution >= 4 is 6.47 Å². The molecule has 0 saturated heterocycles. The lowest BCUT2D eigenvalue weighted by molar-refractivity contribution is -0.135. The van der Waals surface area contributed by atoms with Crippen LogP contribution in [0, 0.1) is 19.3 Å². The summed E-state index contributed by atoms with van der Waals surface area (Å²) in [7, 11) is 0. The number of aryl methyl sites for hydroxylation is 3. The Morgan fingerprint density at radius 3 is 2.21 bits per heavy atom. The van der Waals surface area contributed by atoms with E-state index in [9.17, 15) is 4.79 Å². The van der Waals surface area contributed by atoms with Gasteiger partial charge in [-0.2, -0.15) is 0 Å². The van der Waals surface area contributed by atoms with Gasteiger partial charge >= 0.3 is 0 Å². The van der Waals surface area contributed by atoms with Gasteiger partial charge < -0.3 is 4.74 Å². The molecule has 0 heterocycles. The zero-order valence-electron chi connectivity index (χ0n) is 18.4. The second kappa shape index (κ2) is 9.46. The number of hydrogen-bond donors (Lipinski definition) is 0. The predicted octanol–water partition coefficient (Wildman–Crippen LogP) is 7.01. The first-order chi connectivity index (χ1) is 13.5. The van der Waals surface area contributed by atoms with Crippen LogP contribution in [0.2, 0.25) is 0 Å². The number of carbonyl (C=O) groups is 1. The van der Waals surface area contributed by atoms with E-state index in [2.05, 4.69) is 32.9 Å². The van der Waals surface area contributed by atoms with Gasteiger partial charge in [-0.25, -0.2) is 0 Å². The van der Waals surface area contributed by atoms with E-state index in [1.165, 1.54) is 87.3 Å². The van der Waals surface area contributed by atoms with Gasteiger partial charge in [-0.1, -0.05) is 38.3 Å². The summed E-state index contributed by atoms with van der Waals surface area (Å²) in [5, 5.41) is 0. The van der Waals surface area contributed by atoms with Crippen LogP contribution in [0.3, 0.4) is 0 Å². The lowest BCUT2D eigenvalue weighted by Gasteiger charge is -2.14. The van der Waals surface area contributed by atoms with Crippen molar-refractivity contribution in [1.29, 1.82) is 0 Å². The van der Waals surface area contributed by atoms with Gasteiger partial charge in [0, 0.05) is 0 Å². The third kappa shape index (κ3) is 6.36. The summed E-state index contributed by atoms with van der Waals surface area (Å²) in [6.07, 6.45) is 17.7. The molecule has 0 N–H and O–H groups in total. The SMILES string of the molecule is Cc1cc(CCCCCC2(C)CC2)cc(CCCCCC2(OC=O)CC2)c1C. The first-order valence-corrected chi connectivity index (χ1v) is 11.7. The van der Waals surface area contributed by atoms with Crippen LogP contribution in [0.25, 0.3) is 0 Å². The highest BCUT2D eigenvalue weighted by molar-refractivity contribution is 5.39. The van der Waals surface area contributed by atoms with E-state index in [0.717, 1.165) is 19.3 Å². The third-order valence-corrected chi connectivity index (χ3v) is 7.37. The molecule has 156 valence electrons. The Labute approximate surface area is 172 Å². The van der Waals surface area contributed by atoms with Crippen molar-refractivity contribution in [2.24, 2.45) is 5.41 Å². The van der Waals surface area contributed by atoms with Crippen molar-refractivity contribution in [3.63, 3.8) is 0 Å². The maximum Gasteiger partial charge on any atom is 0.293 e. The van der Waals surface area contributed by atoms with E-state index in [1.807, 2.05) is 0 Å². The highest BCUT2D eigenvalue weighted by atomic mass is 16.5. The molecule has 2 heteroatoms. The summed E-state index contributed by atoms with van der Waals surface area (Å²) in [4.78, 5) is 10.6. The monoisotopic (exact) mass is 384 g/mol. The molecular formula is C26H40O2. The molecule has 1 aromatic carbocycles. The van der Waals surface area contributed by atoms with Gasteiger partial charge in [0.25, 0.3) is 6.47 Å². The van der Waals surface area contributed by atoms with Crippen LogP contribution in [-0.2, 0) is 22.4 Å². The molecule has 28 heavy (non-hydrogen) atoms. The van der Waals surface area contributed by atoms with Gasteiger partial charge in [0.05, 0.1) is 0 Å². The Bertz CT molecular complexity index is 653. The van der Waals surface area contributed by atoms with Gasteiger partial charge in [0.1, 0.15) is 5.60 Å². The summed E-state index contributed by atoms with van der Waals surface area (Å²) in [5.74, 6) is 0. The average Bonchev–Trinajstić information content (AvgIpc) is 3.58. The lowest BCUT2D eigenvalue weighted by atomic mass is 9.93. The molecule has 0 bridgehead atoms. The van der Waals surface area contributed by atoms with E-state index in [1.54, 1.807) is 5.56 Å². The Hall–Kier alpha value is -1.31. The lowest BCUT2D eigenvalue weighted by Crippen LogP contribution is -2.12. The maximum atomic E-state index is 10.6. The molecule has 0 aliphatic heterocycles. The van der Waals surface area contributed by atoms with Gasteiger partial charge in [-0.15, -0.1) is 0 Å². The summed E-state index contributed by atoms with van der Waals surface area (Å²) in [6.45, 7) is 7.63. The molecule has 0 amide bonds. The average molecular weight is 385 g/mol. The van der Waals surface area contributed by atoms with Gasteiger partial charge in [-0.05, 0) is 112 Å². The van der Waals surface area contributed by atoms with Gasteiger partial charge in [-0.3, -0.25) is 4.79 Å². The first kappa shape index (κ1) is 21.4. The number of carbonyl (C=O) groups excluding carboxylic acids is 1. The molecule has 1 aromatic rings. The van der Waals surface area contributed by atoms with Crippen LogP contribution < -0.4 is 0 Å². The molecule has 0 atom stereocenters. The minimum absolute atomic E-state index is 0.0783. The normalized spacial score (nSPS) is 18.7. The molecule has 0 aromatic heterocycles. The van der Waals surface area contributed by atoms with Crippen LogP contribution >= 0.6 is 0 Å². The molecule has 2 aliphatic carbocycles. The maximum absolute atomic E-state index is 10.6. The molecule has 3 rings (SSSR count). The van der Waals surface area contributed by atoms with Gasteiger partial charge in [0.2, 0.25) is 0 Å². The van der Waals surface area contributed by atoms with Crippen molar-refractivity contribution in [3.8, 4) is 0 Å². The van der Waals surface area contributed by atoms with E-state index in [0.29, 0.717) is 11.9 Å². The molecule has 0 unspecified atom stereocenters. The number of unbranched alkanes of at least 4 members (excludes halogenated alkanes) is 4. The smallest absolute Gasteiger partial charge is 0.293 e. The molecule has 2 fully saturated rings. The second-order valence-corrected chi connectivity index (χ2v) is 10.0. The Kier molecular flexibility index (Phi) is 7.23. The van der Waals surface area contributed by atoms with Gasteiger partial charge in [0.15, 0.2) is 0 Å². The molecule has 0 spiro atoms. The predicted molar refractivity (Wildman–Crippen MR) is 117 cm³/mol. The van der Waals surface area contributed by atoms with Crippen LogP contribution in [0.15, 0.2) is 12.1 Å². The Morgan fingerprint density at radius 1 is 0.893 bits per heavy atom. The minimum Gasteiger partial charge on any atom is -0.461 e. The zero-order valence-corrected chi connectivity index (χ0v) is 18.4. The van der Waals surface area contributed by atoms with Crippen molar-refractivity contribution in [3.05, 3.63) is 34.4 Å². The zero-order chi connectivity index (χ0) is 20.0. The molecule has 2 aliphatic rings. The van der Waals surface area contributed by atoms with Crippen LogP contribution in [0.5, 0.6) is 0 Å². The summed E-state index contributed by atoms with van der Waals surface area (Å²) in [6, 6.07) is 4.89. The van der Waals surface area contributed by atoms with E-state index < -0.39 is 0 Å². The minimum atomic E-state index is -0.0783. The molecular weight excluding hydrogens is 344 g/mol. The standard InChI is InChI=1S/C26H40O2/c1-21-18-23(10-6-4-8-12-25(3)14-15-25)19-24(22(21)2)11-7-5-9-13-26(16-17-26)28-20-27/h18-20H,4-17H2,1-3H3. The number of hydrogen-bond acceptors (Lipinski definition) is 2. The van der Waals surface area contributed by atoms with Crippen molar-refractivity contribution in [1.82, 2.24) is 0 Å². The highest BCUT2D eigenvalue weighted by Crippen LogP contribution is 2.49. The highest BCUT2D eigenvalue weighted by Gasteiger charge is 2.44. The number of benzene rings is 1. The van der Waals surface area contributed by atoms with E-state index in [4.69, 9.17) is 4.74 Å². The molecule has 2 nitrogen and oxygen atoms in total.